The van der Waals surface area contributed by atoms with Crippen molar-refractivity contribution in [3.05, 3.63) is 52.1 Å². The monoisotopic (exact) mass is 435 g/mol. The van der Waals surface area contributed by atoms with Gasteiger partial charge in [-0.1, -0.05) is 23.2 Å². The summed E-state index contributed by atoms with van der Waals surface area (Å²) in [6.45, 7) is 4.56. The molecule has 29 heavy (non-hydrogen) atoms. The van der Waals surface area contributed by atoms with E-state index < -0.39 is 6.10 Å². The van der Waals surface area contributed by atoms with E-state index in [1.165, 1.54) is 6.20 Å². The average molecular weight is 436 g/mol. The number of aryl methyl sites for hydroxylation is 1. The van der Waals surface area contributed by atoms with Gasteiger partial charge < -0.3 is 15.0 Å². The second-order valence-corrected chi connectivity index (χ2v) is 8.02. The van der Waals surface area contributed by atoms with E-state index in [0.717, 1.165) is 12.0 Å². The van der Waals surface area contributed by atoms with Crippen LogP contribution in [0.1, 0.15) is 25.3 Å². The first-order chi connectivity index (χ1) is 13.8. The maximum atomic E-state index is 12.9. The summed E-state index contributed by atoms with van der Waals surface area (Å²) >= 11 is 11.8. The van der Waals surface area contributed by atoms with Gasteiger partial charge in [0.05, 0.1) is 10.9 Å². The summed E-state index contributed by atoms with van der Waals surface area (Å²) in [7, 11) is 0. The molecule has 1 aliphatic heterocycles. The molecule has 0 bridgehead atoms. The largest absolute Gasteiger partial charge is 0.481 e. The summed E-state index contributed by atoms with van der Waals surface area (Å²) in [5.41, 5.74) is 0.864. The zero-order valence-electron chi connectivity index (χ0n) is 16.3. The van der Waals surface area contributed by atoms with E-state index in [2.05, 4.69) is 10.3 Å². The Morgan fingerprint density at radius 3 is 2.69 bits per heavy atom. The molecule has 154 valence electrons. The highest BCUT2D eigenvalue weighted by molar-refractivity contribution is 6.30. The molecule has 1 saturated heterocycles. The number of hydrogen-bond donors (Lipinski definition) is 1. The van der Waals surface area contributed by atoms with Gasteiger partial charge in [0.15, 0.2) is 6.10 Å². The van der Waals surface area contributed by atoms with Gasteiger partial charge >= 0.3 is 0 Å². The van der Waals surface area contributed by atoms with Crippen LogP contribution >= 0.6 is 23.2 Å². The second kappa shape index (κ2) is 9.46. The van der Waals surface area contributed by atoms with E-state index in [-0.39, 0.29) is 17.7 Å². The Hall–Kier alpha value is -2.31. The molecule has 0 saturated carbocycles. The van der Waals surface area contributed by atoms with Crippen molar-refractivity contribution in [1.82, 2.24) is 9.88 Å². The van der Waals surface area contributed by atoms with Crippen LogP contribution in [0.2, 0.25) is 10.0 Å². The Bertz CT molecular complexity index is 889. The Labute approximate surface area is 180 Å². The lowest BCUT2D eigenvalue weighted by Gasteiger charge is -2.33. The molecule has 8 heteroatoms. The standard InChI is InChI=1S/C21H23Cl2N3O3/c1-13-10-16(22)5-7-18(13)29-14(2)21(28)26-9-3-4-15(12-26)20(27)25-19-8-6-17(23)11-24-19/h5-8,10-11,14-15H,3-4,9,12H2,1-2H3,(H,24,25,27). The number of piperidine rings is 1. The summed E-state index contributed by atoms with van der Waals surface area (Å²) in [5.74, 6) is 0.476. The SMILES string of the molecule is Cc1cc(Cl)ccc1OC(C)C(=O)N1CCCC(C(=O)Nc2ccc(Cl)cn2)C1. The van der Waals surface area contributed by atoms with Crippen LogP contribution in [0.25, 0.3) is 0 Å². The number of anilines is 1. The molecule has 1 N–H and O–H groups in total. The summed E-state index contributed by atoms with van der Waals surface area (Å²) in [5, 5.41) is 3.91. The molecule has 1 fully saturated rings. The van der Waals surface area contributed by atoms with Gasteiger partial charge in [-0.3, -0.25) is 9.59 Å². The Morgan fingerprint density at radius 2 is 2.00 bits per heavy atom. The van der Waals surface area contributed by atoms with Crippen LogP contribution in [-0.2, 0) is 9.59 Å². The predicted molar refractivity (Wildman–Crippen MR) is 113 cm³/mol. The zero-order chi connectivity index (χ0) is 21.0. The molecule has 1 aromatic carbocycles. The molecule has 0 aliphatic carbocycles. The van der Waals surface area contributed by atoms with Crippen LogP contribution in [0.3, 0.4) is 0 Å². The first-order valence-electron chi connectivity index (χ1n) is 9.47. The van der Waals surface area contributed by atoms with E-state index >= 15 is 0 Å². The van der Waals surface area contributed by atoms with Gasteiger partial charge in [0.1, 0.15) is 11.6 Å². The molecular formula is C21H23Cl2N3O3. The first kappa shape index (κ1) is 21.4. The van der Waals surface area contributed by atoms with Crippen LogP contribution < -0.4 is 10.1 Å². The normalized spacial score (nSPS) is 17.5. The van der Waals surface area contributed by atoms with Gasteiger partial charge in [-0.15, -0.1) is 0 Å². The number of aromatic nitrogens is 1. The van der Waals surface area contributed by atoms with Gasteiger partial charge in [-0.2, -0.15) is 0 Å². The van der Waals surface area contributed by atoms with Gasteiger partial charge in [0.2, 0.25) is 5.91 Å². The lowest BCUT2D eigenvalue weighted by atomic mass is 9.96. The van der Waals surface area contributed by atoms with Crippen molar-refractivity contribution in [1.29, 1.82) is 0 Å². The summed E-state index contributed by atoms with van der Waals surface area (Å²) < 4.78 is 5.84. The van der Waals surface area contributed by atoms with Gasteiger partial charge in [-0.25, -0.2) is 4.98 Å². The van der Waals surface area contributed by atoms with Crippen LogP contribution in [0, 0.1) is 12.8 Å². The van der Waals surface area contributed by atoms with Crippen molar-refractivity contribution in [2.45, 2.75) is 32.8 Å². The summed E-state index contributed by atoms with van der Waals surface area (Å²) in [4.78, 5) is 31.2. The van der Waals surface area contributed by atoms with Crippen LogP contribution in [-0.4, -0.2) is 40.9 Å². The smallest absolute Gasteiger partial charge is 0.263 e. The van der Waals surface area contributed by atoms with E-state index in [1.54, 1.807) is 42.2 Å². The number of likely N-dealkylation sites (tertiary alicyclic amines) is 1. The van der Waals surface area contributed by atoms with Crippen molar-refractivity contribution >= 4 is 40.8 Å². The topological polar surface area (TPSA) is 71.5 Å². The molecule has 3 rings (SSSR count). The zero-order valence-corrected chi connectivity index (χ0v) is 17.8. The molecule has 0 spiro atoms. The Morgan fingerprint density at radius 1 is 1.24 bits per heavy atom. The molecule has 2 aromatic rings. The van der Waals surface area contributed by atoms with Gasteiger partial charge in [0, 0.05) is 24.3 Å². The van der Waals surface area contributed by atoms with Crippen molar-refractivity contribution in [2.75, 3.05) is 18.4 Å². The van der Waals surface area contributed by atoms with Crippen molar-refractivity contribution in [3.63, 3.8) is 0 Å². The van der Waals surface area contributed by atoms with Gasteiger partial charge in [-0.05, 0) is 62.6 Å². The molecule has 6 nitrogen and oxygen atoms in total. The molecule has 1 aromatic heterocycles. The third kappa shape index (κ3) is 5.61. The molecular weight excluding hydrogens is 413 g/mol. The fraction of sp³-hybridized carbons (Fsp3) is 0.381. The summed E-state index contributed by atoms with van der Waals surface area (Å²) in [6, 6.07) is 8.59. The van der Waals surface area contributed by atoms with E-state index in [4.69, 9.17) is 27.9 Å². The number of amides is 2. The number of carbonyl (C=O) groups excluding carboxylic acids is 2. The Kier molecular flexibility index (Phi) is 6.98. The number of pyridine rings is 1. The number of carbonyl (C=O) groups is 2. The van der Waals surface area contributed by atoms with E-state index in [0.29, 0.717) is 41.1 Å². The number of benzene rings is 1. The van der Waals surface area contributed by atoms with Gasteiger partial charge in [0.25, 0.3) is 5.91 Å². The fourth-order valence-electron chi connectivity index (χ4n) is 3.31. The number of halogens is 2. The molecule has 2 unspecified atom stereocenters. The highest BCUT2D eigenvalue weighted by Crippen LogP contribution is 2.24. The Balaban J connectivity index is 1.59. The van der Waals surface area contributed by atoms with E-state index in [1.807, 2.05) is 6.92 Å². The third-order valence-corrected chi connectivity index (χ3v) is 5.33. The highest BCUT2D eigenvalue weighted by Gasteiger charge is 2.31. The molecule has 0 radical (unpaired) electrons. The second-order valence-electron chi connectivity index (χ2n) is 7.14. The minimum Gasteiger partial charge on any atom is -0.481 e. The number of nitrogens with one attached hydrogen (secondary N) is 1. The molecule has 1 aliphatic rings. The average Bonchev–Trinajstić information content (AvgIpc) is 2.71. The van der Waals surface area contributed by atoms with E-state index in [9.17, 15) is 9.59 Å². The number of hydrogen-bond acceptors (Lipinski definition) is 4. The number of ether oxygens (including phenoxy) is 1. The first-order valence-corrected chi connectivity index (χ1v) is 10.2. The summed E-state index contributed by atoms with van der Waals surface area (Å²) in [6.07, 6.45) is 2.29. The number of nitrogens with zero attached hydrogens (tertiary/aromatic N) is 2. The minimum absolute atomic E-state index is 0.138. The van der Waals surface area contributed by atoms with Crippen LogP contribution in [0.15, 0.2) is 36.5 Å². The van der Waals surface area contributed by atoms with Crippen LogP contribution in [0.4, 0.5) is 5.82 Å². The van der Waals surface area contributed by atoms with Crippen molar-refractivity contribution in [3.8, 4) is 5.75 Å². The molecule has 2 amide bonds. The predicted octanol–water partition coefficient (Wildman–Crippen LogP) is 4.34. The number of rotatable bonds is 5. The third-order valence-electron chi connectivity index (χ3n) is 4.87. The lowest BCUT2D eigenvalue weighted by Crippen LogP contribution is -2.48. The fourth-order valence-corrected chi connectivity index (χ4v) is 3.65. The molecule has 2 atom stereocenters. The van der Waals surface area contributed by atoms with Crippen molar-refractivity contribution < 1.29 is 14.3 Å². The maximum absolute atomic E-state index is 12.9. The lowest BCUT2D eigenvalue weighted by molar-refractivity contribution is -0.140. The quantitative estimate of drug-likeness (QED) is 0.757. The maximum Gasteiger partial charge on any atom is 0.263 e. The van der Waals surface area contributed by atoms with Crippen molar-refractivity contribution in [2.24, 2.45) is 5.92 Å². The highest BCUT2D eigenvalue weighted by atomic mass is 35.5. The minimum atomic E-state index is -0.658. The van der Waals surface area contributed by atoms with Crippen LogP contribution in [0.5, 0.6) is 5.75 Å². The molecule has 2 heterocycles.